The lowest BCUT2D eigenvalue weighted by Gasteiger charge is -2.16. The molecule has 1 aromatic rings. The van der Waals surface area contributed by atoms with Crippen LogP contribution in [0.25, 0.3) is 0 Å². The molecule has 0 unspecified atom stereocenters. The van der Waals surface area contributed by atoms with E-state index >= 15 is 0 Å². The maximum absolute atomic E-state index is 12.4. The van der Waals surface area contributed by atoms with Crippen LogP contribution in [0.15, 0.2) is 76.9 Å². The molecule has 0 aliphatic rings. The van der Waals surface area contributed by atoms with Gasteiger partial charge in [-0.1, -0.05) is 37.3 Å². The summed E-state index contributed by atoms with van der Waals surface area (Å²) in [7, 11) is 3.35. The molecule has 0 bridgehead atoms. The van der Waals surface area contributed by atoms with Crippen molar-refractivity contribution < 1.29 is 9.53 Å². The van der Waals surface area contributed by atoms with E-state index in [1.807, 2.05) is 70.3 Å². The fraction of sp³-hybridized carbons (Fsp3) is 0.304. The number of nitrogens with one attached hydrogen (secondary N) is 3. The van der Waals surface area contributed by atoms with Gasteiger partial charge in [0.1, 0.15) is 11.6 Å². The predicted octanol–water partition coefficient (Wildman–Crippen LogP) is 4.97. The fourth-order valence-electron chi connectivity index (χ4n) is 2.57. The Hall–Kier alpha value is -3.08. The summed E-state index contributed by atoms with van der Waals surface area (Å²) in [6, 6.07) is 9.76. The monoisotopic (exact) mass is 381 g/mol. The predicted molar refractivity (Wildman–Crippen MR) is 117 cm³/mol. The average Bonchev–Trinajstić information content (AvgIpc) is 2.73. The van der Waals surface area contributed by atoms with Crippen molar-refractivity contribution in [2.45, 2.75) is 34.1 Å². The molecule has 0 saturated carbocycles. The van der Waals surface area contributed by atoms with Gasteiger partial charge in [0.25, 0.3) is 0 Å². The van der Waals surface area contributed by atoms with Crippen LogP contribution in [0.1, 0.15) is 34.1 Å². The van der Waals surface area contributed by atoms with Crippen LogP contribution in [0.5, 0.6) is 0 Å². The van der Waals surface area contributed by atoms with Gasteiger partial charge in [-0.05, 0) is 39.0 Å². The zero-order chi connectivity index (χ0) is 21.1. The standard InChI is InChI=1S/C23H31N3O2/c1-7-12-18(15-20(17(4)28-6)21(27)8-2)22(24)16(3)23(25-5)26-19-13-10-9-11-14-19/h7,9-15,24-26H,8H2,1-6H3/b12-7-,18-15+,20-17-,23-16-,24-22?. The number of anilines is 1. The van der Waals surface area contributed by atoms with E-state index in [1.165, 1.54) is 0 Å². The lowest BCUT2D eigenvalue weighted by molar-refractivity contribution is -0.115. The normalized spacial score (nSPS) is 13.6. The van der Waals surface area contributed by atoms with Crippen LogP contribution in [-0.2, 0) is 9.53 Å². The van der Waals surface area contributed by atoms with Gasteiger partial charge in [-0.3, -0.25) is 10.2 Å². The van der Waals surface area contributed by atoms with Crippen LogP contribution in [0.3, 0.4) is 0 Å². The lowest BCUT2D eigenvalue weighted by Crippen LogP contribution is -2.20. The molecule has 0 saturated heterocycles. The van der Waals surface area contributed by atoms with Crippen molar-refractivity contribution in [2.75, 3.05) is 19.5 Å². The van der Waals surface area contributed by atoms with Crippen molar-refractivity contribution >= 4 is 17.2 Å². The number of ketones is 1. The largest absolute Gasteiger partial charge is 0.501 e. The summed E-state index contributed by atoms with van der Waals surface area (Å²) in [5.41, 5.74) is 3.09. The first kappa shape index (κ1) is 23.0. The number of benzene rings is 1. The third kappa shape index (κ3) is 6.27. The molecule has 0 amide bonds. The molecule has 1 rings (SSSR count). The summed E-state index contributed by atoms with van der Waals surface area (Å²) < 4.78 is 5.29. The third-order valence-electron chi connectivity index (χ3n) is 4.28. The number of para-hydroxylation sites is 1. The smallest absolute Gasteiger partial charge is 0.165 e. The molecule has 0 atom stereocenters. The SMILES string of the molecule is C\C=C/C(=C\C(C(=O)CC)=C(/C)OC)C(=N)/C(C)=C(/NC)Nc1ccccc1. The van der Waals surface area contributed by atoms with Gasteiger partial charge in [0.05, 0.1) is 18.4 Å². The van der Waals surface area contributed by atoms with Gasteiger partial charge in [0, 0.05) is 30.3 Å². The van der Waals surface area contributed by atoms with Crippen molar-refractivity contribution in [3.05, 3.63) is 76.9 Å². The van der Waals surface area contributed by atoms with E-state index < -0.39 is 0 Å². The van der Waals surface area contributed by atoms with Crippen LogP contribution < -0.4 is 10.6 Å². The molecule has 0 heterocycles. The highest BCUT2D eigenvalue weighted by molar-refractivity contribution is 6.13. The Morgan fingerprint density at radius 1 is 1.21 bits per heavy atom. The Morgan fingerprint density at radius 2 is 1.86 bits per heavy atom. The van der Waals surface area contributed by atoms with E-state index in [9.17, 15) is 4.79 Å². The maximum atomic E-state index is 12.4. The summed E-state index contributed by atoms with van der Waals surface area (Å²) in [4.78, 5) is 12.4. The minimum Gasteiger partial charge on any atom is -0.501 e. The van der Waals surface area contributed by atoms with E-state index in [4.69, 9.17) is 10.1 Å². The molecule has 3 N–H and O–H groups in total. The van der Waals surface area contributed by atoms with E-state index in [1.54, 1.807) is 20.1 Å². The second kappa shape index (κ2) is 11.6. The average molecular weight is 382 g/mol. The van der Waals surface area contributed by atoms with E-state index in [2.05, 4.69) is 10.6 Å². The summed E-state index contributed by atoms with van der Waals surface area (Å²) in [6.07, 6.45) is 5.78. The Labute approximate surface area is 168 Å². The highest BCUT2D eigenvalue weighted by Gasteiger charge is 2.15. The summed E-state index contributed by atoms with van der Waals surface area (Å²) >= 11 is 0. The van der Waals surface area contributed by atoms with E-state index in [-0.39, 0.29) is 5.78 Å². The van der Waals surface area contributed by atoms with Crippen molar-refractivity contribution in [1.29, 1.82) is 5.41 Å². The van der Waals surface area contributed by atoms with Gasteiger partial charge in [-0.15, -0.1) is 0 Å². The van der Waals surface area contributed by atoms with Gasteiger partial charge in [0.15, 0.2) is 5.78 Å². The van der Waals surface area contributed by atoms with Gasteiger partial charge in [-0.2, -0.15) is 0 Å². The first-order chi connectivity index (χ1) is 13.4. The van der Waals surface area contributed by atoms with Crippen molar-refractivity contribution in [3.63, 3.8) is 0 Å². The number of carbonyl (C=O) groups excluding carboxylic acids is 1. The molecule has 1 aromatic carbocycles. The second-order valence-corrected chi connectivity index (χ2v) is 6.17. The molecular weight excluding hydrogens is 350 g/mol. The van der Waals surface area contributed by atoms with E-state index in [0.717, 1.165) is 17.1 Å². The topological polar surface area (TPSA) is 74.2 Å². The molecule has 28 heavy (non-hydrogen) atoms. The molecule has 0 spiro atoms. The lowest BCUT2D eigenvalue weighted by atomic mass is 9.97. The Balaban J connectivity index is 3.39. The minimum absolute atomic E-state index is 0.0213. The number of carbonyl (C=O) groups is 1. The molecule has 5 nitrogen and oxygen atoms in total. The zero-order valence-electron chi connectivity index (χ0n) is 17.6. The van der Waals surface area contributed by atoms with Crippen LogP contribution in [0.4, 0.5) is 5.69 Å². The van der Waals surface area contributed by atoms with E-state index in [0.29, 0.717) is 29.0 Å². The highest BCUT2D eigenvalue weighted by Crippen LogP contribution is 2.19. The molecule has 0 aliphatic carbocycles. The van der Waals surface area contributed by atoms with Crippen molar-refractivity contribution in [1.82, 2.24) is 5.32 Å². The first-order valence-corrected chi connectivity index (χ1v) is 9.31. The number of methoxy groups -OCH3 is 1. The molecule has 0 aliphatic heterocycles. The van der Waals surface area contributed by atoms with Gasteiger partial charge < -0.3 is 15.4 Å². The van der Waals surface area contributed by atoms with Crippen LogP contribution >= 0.6 is 0 Å². The number of ether oxygens (including phenoxy) is 1. The van der Waals surface area contributed by atoms with Crippen LogP contribution in [0.2, 0.25) is 0 Å². The number of hydrogen-bond donors (Lipinski definition) is 3. The highest BCUT2D eigenvalue weighted by atomic mass is 16.5. The number of hydrogen-bond acceptors (Lipinski definition) is 5. The quantitative estimate of drug-likeness (QED) is 0.231. The molecular formula is C23H31N3O2. The number of rotatable bonds is 10. The third-order valence-corrected chi connectivity index (χ3v) is 4.28. The van der Waals surface area contributed by atoms with Gasteiger partial charge >= 0.3 is 0 Å². The Kier molecular flexibility index (Phi) is 9.51. The number of allylic oxidation sites excluding steroid dienone is 7. The summed E-state index contributed by atoms with van der Waals surface area (Å²) in [5, 5.41) is 15.1. The fourth-order valence-corrected chi connectivity index (χ4v) is 2.57. The molecule has 0 fully saturated rings. The molecule has 0 aromatic heterocycles. The van der Waals surface area contributed by atoms with Gasteiger partial charge in [-0.25, -0.2) is 0 Å². The summed E-state index contributed by atoms with van der Waals surface area (Å²) in [5.74, 6) is 1.24. The summed E-state index contributed by atoms with van der Waals surface area (Å²) in [6.45, 7) is 7.33. The van der Waals surface area contributed by atoms with Crippen molar-refractivity contribution in [3.8, 4) is 0 Å². The molecule has 5 heteroatoms. The second-order valence-electron chi connectivity index (χ2n) is 6.17. The first-order valence-electron chi connectivity index (χ1n) is 9.31. The Morgan fingerprint density at radius 3 is 2.36 bits per heavy atom. The molecule has 0 radical (unpaired) electrons. The Bertz CT molecular complexity index is 816. The minimum atomic E-state index is -0.0213. The van der Waals surface area contributed by atoms with Crippen molar-refractivity contribution in [2.24, 2.45) is 0 Å². The van der Waals surface area contributed by atoms with Crippen LogP contribution in [-0.4, -0.2) is 25.7 Å². The maximum Gasteiger partial charge on any atom is 0.165 e. The number of Topliss-reactive ketones (excluding diaryl/α,β-unsaturated/α-hetero) is 1. The zero-order valence-corrected chi connectivity index (χ0v) is 17.6. The van der Waals surface area contributed by atoms with Gasteiger partial charge in [0.2, 0.25) is 0 Å². The molecule has 150 valence electrons. The van der Waals surface area contributed by atoms with Crippen LogP contribution in [0, 0.1) is 5.41 Å².